The quantitative estimate of drug-likeness (QED) is 0.707. The summed E-state index contributed by atoms with van der Waals surface area (Å²) in [6.45, 7) is 4.55. The number of amides is 1. The van der Waals surface area contributed by atoms with Gasteiger partial charge in [0.25, 0.3) is 5.91 Å². The molecule has 0 aliphatic heterocycles. The zero-order valence-electron chi connectivity index (χ0n) is 13.2. The Kier molecular flexibility index (Phi) is 9.45. The lowest BCUT2D eigenvalue weighted by atomic mass is 10.2. The fraction of sp³-hybridized carbons (Fsp3) is 0.278. The van der Waals surface area contributed by atoms with E-state index in [9.17, 15) is 4.79 Å². The zero-order valence-corrected chi connectivity index (χ0v) is 14.9. The third kappa shape index (κ3) is 6.65. The van der Waals surface area contributed by atoms with Gasteiger partial charge in [-0.1, -0.05) is 49.0 Å². The molecule has 2 N–H and O–H groups in total. The van der Waals surface area contributed by atoms with Gasteiger partial charge in [0, 0.05) is 22.9 Å². The molecule has 3 nitrogen and oxygen atoms in total. The second-order valence-corrected chi connectivity index (χ2v) is 6.03. The number of nitrogens with one attached hydrogen (secondary N) is 2. The predicted molar refractivity (Wildman–Crippen MR) is 99.7 cm³/mol. The molecule has 0 heterocycles. The minimum Gasteiger partial charge on any atom is -0.351 e. The molecule has 0 radical (unpaired) electrons. The number of halogens is 1. The molecule has 0 spiro atoms. The van der Waals surface area contributed by atoms with Crippen LogP contribution in [0.3, 0.4) is 0 Å². The number of benzene rings is 2. The van der Waals surface area contributed by atoms with Crippen molar-refractivity contribution in [2.24, 2.45) is 0 Å². The molecule has 0 saturated carbocycles. The van der Waals surface area contributed by atoms with Crippen molar-refractivity contribution in [3.8, 4) is 0 Å². The molecule has 0 atom stereocenters. The zero-order chi connectivity index (χ0) is 15.6. The molecule has 0 fully saturated rings. The molecule has 23 heavy (non-hydrogen) atoms. The molecular formula is C18H23ClN2OS. The van der Waals surface area contributed by atoms with E-state index in [-0.39, 0.29) is 18.3 Å². The molecule has 0 bridgehead atoms. The summed E-state index contributed by atoms with van der Waals surface area (Å²) in [4.78, 5) is 14.4. The molecule has 0 unspecified atom stereocenters. The van der Waals surface area contributed by atoms with Crippen LogP contribution in [0, 0.1) is 0 Å². The monoisotopic (exact) mass is 350 g/mol. The first-order valence-corrected chi connectivity index (χ1v) is 8.43. The second-order valence-electron chi connectivity index (χ2n) is 4.92. The minimum absolute atomic E-state index is 0. The van der Waals surface area contributed by atoms with E-state index in [1.165, 1.54) is 0 Å². The summed E-state index contributed by atoms with van der Waals surface area (Å²) in [6.07, 6.45) is 1.10. The fourth-order valence-corrected chi connectivity index (χ4v) is 2.98. The minimum atomic E-state index is -0.0164. The van der Waals surface area contributed by atoms with E-state index in [2.05, 4.69) is 17.6 Å². The highest BCUT2D eigenvalue weighted by Gasteiger charge is 2.11. The maximum atomic E-state index is 12.3. The van der Waals surface area contributed by atoms with Crippen molar-refractivity contribution in [1.82, 2.24) is 10.6 Å². The first-order valence-electron chi connectivity index (χ1n) is 7.62. The Labute approximate surface area is 148 Å². The van der Waals surface area contributed by atoms with E-state index in [0.717, 1.165) is 34.9 Å². The average molecular weight is 351 g/mol. The molecule has 2 aromatic rings. The topological polar surface area (TPSA) is 41.1 Å². The standard InChI is InChI=1S/C18H22N2OS.ClH/c1-2-12-19-13-14-20-18(21)16-10-6-7-11-17(16)22-15-8-4-3-5-9-15;/h3-11,19H,2,12-14H2,1H3,(H,20,21);1H. The molecule has 2 rings (SSSR count). The first kappa shape index (κ1) is 19.6. The molecule has 0 saturated heterocycles. The summed E-state index contributed by atoms with van der Waals surface area (Å²) < 4.78 is 0. The van der Waals surface area contributed by atoms with E-state index in [0.29, 0.717) is 6.54 Å². The van der Waals surface area contributed by atoms with Gasteiger partial charge in [-0.05, 0) is 37.2 Å². The molecule has 0 aromatic heterocycles. The third-order valence-corrected chi connectivity index (χ3v) is 4.20. The van der Waals surface area contributed by atoms with Crippen LogP contribution in [0.2, 0.25) is 0 Å². The molecule has 2 aromatic carbocycles. The van der Waals surface area contributed by atoms with Gasteiger partial charge < -0.3 is 10.6 Å². The van der Waals surface area contributed by atoms with E-state index in [4.69, 9.17) is 0 Å². The van der Waals surface area contributed by atoms with Gasteiger partial charge in [-0.2, -0.15) is 0 Å². The summed E-state index contributed by atoms with van der Waals surface area (Å²) in [5.41, 5.74) is 0.729. The number of hydrogen-bond acceptors (Lipinski definition) is 3. The van der Waals surface area contributed by atoms with Crippen LogP contribution in [0.25, 0.3) is 0 Å². The van der Waals surface area contributed by atoms with Crippen LogP contribution in [-0.2, 0) is 0 Å². The van der Waals surface area contributed by atoms with E-state index < -0.39 is 0 Å². The molecule has 0 aliphatic rings. The van der Waals surface area contributed by atoms with E-state index >= 15 is 0 Å². The maximum absolute atomic E-state index is 12.3. The van der Waals surface area contributed by atoms with Gasteiger partial charge in [0.1, 0.15) is 0 Å². The Morgan fingerprint density at radius 3 is 2.39 bits per heavy atom. The Morgan fingerprint density at radius 2 is 1.65 bits per heavy atom. The summed E-state index contributed by atoms with van der Waals surface area (Å²) in [6, 6.07) is 17.8. The summed E-state index contributed by atoms with van der Waals surface area (Å²) in [5.74, 6) is -0.0164. The van der Waals surface area contributed by atoms with Crippen LogP contribution < -0.4 is 10.6 Å². The van der Waals surface area contributed by atoms with Crippen molar-refractivity contribution >= 4 is 30.1 Å². The van der Waals surface area contributed by atoms with Crippen LogP contribution in [-0.4, -0.2) is 25.5 Å². The highest BCUT2D eigenvalue weighted by molar-refractivity contribution is 7.99. The van der Waals surface area contributed by atoms with Gasteiger partial charge in [-0.15, -0.1) is 12.4 Å². The lowest BCUT2D eigenvalue weighted by Gasteiger charge is -2.10. The summed E-state index contributed by atoms with van der Waals surface area (Å²) in [7, 11) is 0. The van der Waals surface area contributed by atoms with Crippen LogP contribution >= 0.6 is 24.2 Å². The SMILES string of the molecule is CCCNCCNC(=O)c1ccccc1Sc1ccccc1.Cl. The van der Waals surface area contributed by atoms with E-state index in [1.54, 1.807) is 11.8 Å². The highest BCUT2D eigenvalue weighted by Crippen LogP contribution is 2.30. The molecular weight excluding hydrogens is 328 g/mol. The molecule has 0 aliphatic carbocycles. The van der Waals surface area contributed by atoms with Gasteiger partial charge in [0.15, 0.2) is 0 Å². The Hall–Kier alpha value is -1.49. The third-order valence-electron chi connectivity index (χ3n) is 3.12. The largest absolute Gasteiger partial charge is 0.351 e. The highest BCUT2D eigenvalue weighted by atomic mass is 35.5. The van der Waals surface area contributed by atoms with Gasteiger partial charge >= 0.3 is 0 Å². The number of rotatable bonds is 8. The van der Waals surface area contributed by atoms with Crippen molar-refractivity contribution in [2.45, 2.75) is 23.1 Å². The Bertz CT molecular complexity index is 593. The normalized spacial score (nSPS) is 9.96. The lowest BCUT2D eigenvalue weighted by molar-refractivity contribution is 0.0951. The van der Waals surface area contributed by atoms with Crippen LogP contribution in [0.15, 0.2) is 64.4 Å². The van der Waals surface area contributed by atoms with Gasteiger partial charge in [-0.3, -0.25) is 4.79 Å². The number of hydrogen-bond donors (Lipinski definition) is 2. The fourth-order valence-electron chi connectivity index (χ4n) is 2.02. The average Bonchev–Trinajstić information content (AvgIpc) is 2.56. The van der Waals surface area contributed by atoms with Gasteiger partial charge in [0.05, 0.1) is 5.56 Å². The number of carbonyl (C=O) groups is 1. The smallest absolute Gasteiger partial charge is 0.252 e. The van der Waals surface area contributed by atoms with Crippen molar-refractivity contribution in [3.63, 3.8) is 0 Å². The Balaban J connectivity index is 0.00000264. The van der Waals surface area contributed by atoms with Crippen molar-refractivity contribution in [1.29, 1.82) is 0 Å². The molecule has 124 valence electrons. The van der Waals surface area contributed by atoms with Crippen LogP contribution in [0.4, 0.5) is 0 Å². The first-order chi connectivity index (χ1) is 10.8. The summed E-state index contributed by atoms with van der Waals surface area (Å²) in [5, 5.41) is 6.25. The van der Waals surface area contributed by atoms with Crippen LogP contribution in [0.1, 0.15) is 23.7 Å². The lowest BCUT2D eigenvalue weighted by Crippen LogP contribution is -2.32. The molecule has 1 amide bonds. The number of carbonyl (C=O) groups excluding carboxylic acids is 1. The maximum Gasteiger partial charge on any atom is 0.252 e. The predicted octanol–water partition coefficient (Wildman–Crippen LogP) is 3.99. The second kappa shape index (κ2) is 11.1. The van der Waals surface area contributed by atoms with Gasteiger partial charge in [0.2, 0.25) is 0 Å². The summed E-state index contributed by atoms with van der Waals surface area (Å²) >= 11 is 1.61. The van der Waals surface area contributed by atoms with E-state index in [1.807, 2.05) is 54.6 Å². The van der Waals surface area contributed by atoms with Gasteiger partial charge in [-0.25, -0.2) is 0 Å². The van der Waals surface area contributed by atoms with Crippen LogP contribution in [0.5, 0.6) is 0 Å². The van der Waals surface area contributed by atoms with Crippen molar-refractivity contribution in [2.75, 3.05) is 19.6 Å². The molecule has 5 heteroatoms. The Morgan fingerprint density at radius 1 is 0.957 bits per heavy atom. The van der Waals surface area contributed by atoms with Crippen molar-refractivity contribution < 1.29 is 4.79 Å². The van der Waals surface area contributed by atoms with Crippen molar-refractivity contribution in [3.05, 3.63) is 60.2 Å².